The fourth-order valence-electron chi connectivity index (χ4n) is 3.09. The summed E-state index contributed by atoms with van der Waals surface area (Å²) in [7, 11) is 0. The van der Waals surface area contributed by atoms with Crippen LogP contribution in [0, 0.1) is 6.92 Å². The largest absolute Gasteiger partial charge is 0.352 e. The molecule has 0 aliphatic carbocycles. The molecule has 3 aromatic heterocycles. The van der Waals surface area contributed by atoms with Gasteiger partial charge in [-0.3, -0.25) is 4.98 Å². The zero-order valence-electron chi connectivity index (χ0n) is 14.9. The Morgan fingerprint density at radius 3 is 2.50 bits per heavy atom. The third-order valence-electron chi connectivity index (χ3n) is 4.52. The lowest BCUT2D eigenvalue weighted by Gasteiger charge is -2.23. The number of pyridine rings is 1. The highest BCUT2D eigenvalue weighted by Gasteiger charge is 2.17. The molecule has 0 fully saturated rings. The van der Waals surface area contributed by atoms with Crippen molar-refractivity contribution in [3.63, 3.8) is 0 Å². The summed E-state index contributed by atoms with van der Waals surface area (Å²) in [5.74, 6) is 0.992. The fourth-order valence-corrected chi connectivity index (χ4v) is 4.00. The molecule has 0 amide bonds. The van der Waals surface area contributed by atoms with Gasteiger partial charge in [-0.2, -0.15) is 0 Å². The smallest absolute Gasteiger partial charge is 0.141 e. The molecule has 0 aliphatic rings. The summed E-state index contributed by atoms with van der Waals surface area (Å²) < 4.78 is 0. The molecular formula is C21H20N4S. The Kier molecular flexibility index (Phi) is 4.63. The summed E-state index contributed by atoms with van der Waals surface area (Å²) in [6.45, 7) is 5.94. The van der Waals surface area contributed by atoms with Gasteiger partial charge in [0, 0.05) is 36.4 Å². The van der Waals surface area contributed by atoms with Crippen molar-refractivity contribution in [2.75, 3.05) is 11.4 Å². The van der Waals surface area contributed by atoms with Gasteiger partial charge >= 0.3 is 0 Å². The van der Waals surface area contributed by atoms with Gasteiger partial charge in [0.15, 0.2) is 0 Å². The van der Waals surface area contributed by atoms with Crippen molar-refractivity contribution in [3.05, 3.63) is 71.6 Å². The third-order valence-corrected chi connectivity index (χ3v) is 5.40. The van der Waals surface area contributed by atoms with Crippen LogP contribution in [0.3, 0.4) is 0 Å². The molecule has 5 heteroatoms. The van der Waals surface area contributed by atoms with Gasteiger partial charge in [-0.1, -0.05) is 29.8 Å². The molecule has 4 aromatic rings. The number of aryl methyl sites for hydroxylation is 1. The van der Waals surface area contributed by atoms with Gasteiger partial charge in [-0.05, 0) is 37.1 Å². The van der Waals surface area contributed by atoms with Gasteiger partial charge in [0.05, 0.1) is 5.39 Å². The summed E-state index contributed by atoms with van der Waals surface area (Å²) in [6.07, 6.45) is 5.34. The average Bonchev–Trinajstić information content (AvgIpc) is 3.12. The zero-order chi connectivity index (χ0) is 17.9. The summed E-state index contributed by atoms with van der Waals surface area (Å²) in [4.78, 5) is 16.6. The number of anilines is 1. The van der Waals surface area contributed by atoms with E-state index in [0.717, 1.165) is 29.1 Å². The minimum Gasteiger partial charge on any atom is -0.352 e. The minimum absolute atomic E-state index is 0.800. The molecule has 26 heavy (non-hydrogen) atoms. The maximum Gasteiger partial charge on any atom is 0.141 e. The van der Waals surface area contributed by atoms with Crippen LogP contribution in [0.15, 0.2) is 60.5 Å². The molecule has 0 atom stereocenters. The van der Waals surface area contributed by atoms with E-state index in [4.69, 9.17) is 0 Å². The van der Waals surface area contributed by atoms with Crippen LogP contribution in [-0.4, -0.2) is 21.5 Å². The molecule has 0 unspecified atom stereocenters. The first-order chi connectivity index (χ1) is 12.8. The van der Waals surface area contributed by atoms with Crippen LogP contribution >= 0.6 is 11.3 Å². The van der Waals surface area contributed by atoms with Gasteiger partial charge in [0.1, 0.15) is 17.0 Å². The van der Waals surface area contributed by atoms with Crippen LogP contribution < -0.4 is 4.90 Å². The maximum absolute atomic E-state index is 4.66. The molecule has 0 spiro atoms. The lowest BCUT2D eigenvalue weighted by Crippen LogP contribution is -2.23. The summed E-state index contributed by atoms with van der Waals surface area (Å²) >= 11 is 1.67. The molecule has 4 rings (SSSR count). The molecule has 3 heterocycles. The van der Waals surface area contributed by atoms with Crippen molar-refractivity contribution < 1.29 is 0 Å². The summed E-state index contributed by atoms with van der Waals surface area (Å²) in [5.41, 5.74) is 4.89. The Bertz CT molecular complexity index is 1010. The standard InChI is InChI=1S/C21H20N4S/c1-3-25(12-16-8-10-22-11-9-16)20-19-18(13-26-21(19)24-14-23-20)17-6-4-15(2)5-7-17/h4-11,13-14H,3,12H2,1-2H3. The number of rotatable bonds is 5. The Balaban J connectivity index is 1.81. The lowest BCUT2D eigenvalue weighted by atomic mass is 10.0. The molecule has 130 valence electrons. The topological polar surface area (TPSA) is 41.9 Å². The van der Waals surface area contributed by atoms with Crippen LogP contribution in [0.5, 0.6) is 0 Å². The number of hydrogen-bond acceptors (Lipinski definition) is 5. The van der Waals surface area contributed by atoms with E-state index in [1.165, 1.54) is 22.3 Å². The van der Waals surface area contributed by atoms with E-state index in [2.05, 4.69) is 75.5 Å². The average molecular weight is 360 g/mol. The van der Waals surface area contributed by atoms with Gasteiger partial charge in [0.2, 0.25) is 0 Å². The number of aromatic nitrogens is 3. The molecule has 0 radical (unpaired) electrons. The predicted octanol–water partition coefficient (Wildman–Crippen LogP) is 5.09. The van der Waals surface area contributed by atoms with E-state index in [-0.39, 0.29) is 0 Å². The highest BCUT2D eigenvalue weighted by molar-refractivity contribution is 7.17. The van der Waals surface area contributed by atoms with Crippen LogP contribution in [0.2, 0.25) is 0 Å². The monoisotopic (exact) mass is 360 g/mol. The summed E-state index contributed by atoms with van der Waals surface area (Å²) in [6, 6.07) is 12.7. The second kappa shape index (κ2) is 7.22. The SMILES string of the molecule is CCN(Cc1ccncc1)c1ncnc2scc(-c3ccc(C)cc3)c12. The fraction of sp³-hybridized carbons (Fsp3) is 0.190. The Morgan fingerprint density at radius 1 is 1.00 bits per heavy atom. The van der Waals surface area contributed by atoms with E-state index in [0.29, 0.717) is 0 Å². The second-order valence-corrected chi connectivity index (χ2v) is 7.12. The van der Waals surface area contributed by atoms with Crippen molar-refractivity contribution in [2.45, 2.75) is 20.4 Å². The van der Waals surface area contributed by atoms with E-state index >= 15 is 0 Å². The highest BCUT2D eigenvalue weighted by atomic mass is 32.1. The van der Waals surface area contributed by atoms with Crippen molar-refractivity contribution in [1.29, 1.82) is 0 Å². The Hall–Kier alpha value is -2.79. The molecule has 1 aromatic carbocycles. The Morgan fingerprint density at radius 2 is 1.77 bits per heavy atom. The van der Waals surface area contributed by atoms with Crippen molar-refractivity contribution in [3.8, 4) is 11.1 Å². The molecule has 0 saturated heterocycles. The molecule has 0 bridgehead atoms. The molecular weight excluding hydrogens is 340 g/mol. The van der Waals surface area contributed by atoms with Gasteiger partial charge in [0.25, 0.3) is 0 Å². The normalized spacial score (nSPS) is 11.0. The second-order valence-electron chi connectivity index (χ2n) is 6.26. The first kappa shape index (κ1) is 16.7. The van der Waals surface area contributed by atoms with Gasteiger partial charge in [-0.15, -0.1) is 11.3 Å². The van der Waals surface area contributed by atoms with Crippen LogP contribution in [0.4, 0.5) is 5.82 Å². The van der Waals surface area contributed by atoms with Gasteiger partial charge in [-0.25, -0.2) is 9.97 Å². The first-order valence-corrected chi connectivity index (χ1v) is 9.57. The Labute approximate surface area is 157 Å². The molecule has 0 N–H and O–H groups in total. The highest BCUT2D eigenvalue weighted by Crippen LogP contribution is 2.38. The zero-order valence-corrected chi connectivity index (χ0v) is 15.7. The van der Waals surface area contributed by atoms with E-state index < -0.39 is 0 Å². The quantitative estimate of drug-likeness (QED) is 0.497. The van der Waals surface area contributed by atoms with Crippen LogP contribution in [0.25, 0.3) is 21.3 Å². The van der Waals surface area contributed by atoms with E-state index in [9.17, 15) is 0 Å². The number of thiophene rings is 1. The van der Waals surface area contributed by atoms with Crippen LogP contribution in [0.1, 0.15) is 18.1 Å². The van der Waals surface area contributed by atoms with Crippen molar-refractivity contribution in [1.82, 2.24) is 15.0 Å². The molecule has 0 aliphatic heterocycles. The minimum atomic E-state index is 0.800. The molecule has 4 nitrogen and oxygen atoms in total. The van der Waals surface area contributed by atoms with E-state index in [1.807, 2.05) is 12.4 Å². The van der Waals surface area contributed by atoms with Gasteiger partial charge < -0.3 is 4.90 Å². The number of fused-ring (bicyclic) bond motifs is 1. The number of hydrogen-bond donors (Lipinski definition) is 0. The van der Waals surface area contributed by atoms with E-state index in [1.54, 1.807) is 17.7 Å². The van der Waals surface area contributed by atoms with Crippen molar-refractivity contribution >= 4 is 27.4 Å². The first-order valence-electron chi connectivity index (χ1n) is 8.69. The van der Waals surface area contributed by atoms with Crippen LogP contribution in [-0.2, 0) is 6.54 Å². The predicted molar refractivity (Wildman–Crippen MR) is 109 cm³/mol. The number of nitrogens with zero attached hydrogens (tertiary/aromatic N) is 4. The maximum atomic E-state index is 4.66. The number of benzene rings is 1. The third kappa shape index (κ3) is 3.18. The lowest BCUT2D eigenvalue weighted by molar-refractivity contribution is 0.815. The summed E-state index contributed by atoms with van der Waals surface area (Å²) in [5, 5.41) is 3.32. The van der Waals surface area contributed by atoms with Crippen molar-refractivity contribution in [2.24, 2.45) is 0 Å². The molecule has 0 saturated carbocycles.